The SMILES string of the molecule is O=C(Nc1ccc([N+](=O)[O-])cc1)N[C@H](Oc1ccccc1O[C@@H](NC(=O)Nc1ccc([N+](=O)[O-])cc1)C(Cl)(Cl)Cl)C(Cl)(Cl)Cl. The van der Waals surface area contributed by atoms with Crippen molar-refractivity contribution in [2.24, 2.45) is 0 Å². The third-order valence-electron chi connectivity index (χ3n) is 5.13. The average Bonchev–Trinajstić information content (AvgIpc) is 2.92. The number of nitrogens with one attached hydrogen (secondary N) is 4. The van der Waals surface area contributed by atoms with Gasteiger partial charge in [0.05, 0.1) is 9.85 Å². The van der Waals surface area contributed by atoms with Crippen LogP contribution in [-0.2, 0) is 0 Å². The summed E-state index contributed by atoms with van der Waals surface area (Å²) in [5.41, 5.74) is -0.0184. The lowest BCUT2D eigenvalue weighted by atomic mass is 10.3. The number of non-ortho nitro benzene ring substituents is 2. The van der Waals surface area contributed by atoms with Crippen molar-refractivity contribution >= 4 is 104 Å². The number of carbonyl (C=O) groups is 2. The molecule has 0 aromatic heterocycles. The Bertz CT molecular complexity index is 1390. The number of urea groups is 2. The van der Waals surface area contributed by atoms with Crippen molar-refractivity contribution in [2.45, 2.75) is 20.0 Å². The van der Waals surface area contributed by atoms with Crippen LogP contribution >= 0.6 is 69.6 Å². The minimum atomic E-state index is -2.25. The topological polar surface area (TPSA) is 187 Å². The molecule has 0 unspecified atom stereocenters. The highest BCUT2D eigenvalue weighted by Crippen LogP contribution is 2.38. The number of para-hydroxylation sites is 2. The molecule has 4 amide bonds. The second-order valence-electron chi connectivity index (χ2n) is 8.33. The molecule has 0 aliphatic heterocycles. The number of alkyl halides is 6. The first-order valence-electron chi connectivity index (χ1n) is 11.7. The van der Waals surface area contributed by atoms with Gasteiger partial charge in [-0.05, 0) is 36.4 Å². The number of nitrogens with zero attached hydrogens (tertiary/aromatic N) is 2. The second-order valence-corrected chi connectivity index (χ2v) is 13.1. The summed E-state index contributed by atoms with van der Waals surface area (Å²) >= 11 is 36.2. The zero-order valence-corrected chi connectivity index (χ0v) is 26.0. The number of hydrogen-bond donors (Lipinski definition) is 4. The van der Waals surface area contributed by atoms with E-state index < -0.39 is 41.9 Å². The predicted octanol–water partition coefficient (Wildman–Crippen LogP) is 7.30. The number of carbonyl (C=O) groups excluding carboxylic acids is 2. The van der Waals surface area contributed by atoms with Crippen molar-refractivity contribution in [3.8, 4) is 11.5 Å². The fraction of sp³-hybridized carbons (Fsp3) is 0.167. The van der Waals surface area contributed by atoms with Crippen LogP contribution in [0, 0.1) is 20.2 Å². The number of benzene rings is 3. The van der Waals surface area contributed by atoms with Gasteiger partial charge in [-0.2, -0.15) is 0 Å². The molecule has 0 aliphatic carbocycles. The monoisotopic (exact) mass is 728 g/mol. The first-order chi connectivity index (χ1) is 20.5. The van der Waals surface area contributed by atoms with Gasteiger partial charge in [0, 0.05) is 35.6 Å². The summed E-state index contributed by atoms with van der Waals surface area (Å²) in [4.78, 5) is 45.7. The van der Waals surface area contributed by atoms with Crippen molar-refractivity contribution in [1.29, 1.82) is 0 Å². The number of nitro groups is 2. The lowest BCUT2D eigenvalue weighted by molar-refractivity contribution is -0.385. The molecule has 3 aromatic carbocycles. The number of hydrogen-bond acceptors (Lipinski definition) is 8. The Morgan fingerprint density at radius 1 is 0.614 bits per heavy atom. The summed E-state index contributed by atoms with van der Waals surface area (Å²) in [6, 6.07) is 13.8. The van der Waals surface area contributed by atoms with Crippen LogP contribution in [0.15, 0.2) is 72.8 Å². The van der Waals surface area contributed by atoms with E-state index in [-0.39, 0.29) is 34.2 Å². The van der Waals surface area contributed by atoms with Gasteiger partial charge in [-0.25, -0.2) is 9.59 Å². The summed E-state index contributed by atoms with van der Waals surface area (Å²) < 4.78 is 6.93. The van der Waals surface area contributed by atoms with Gasteiger partial charge < -0.3 is 20.1 Å². The van der Waals surface area contributed by atoms with Gasteiger partial charge in [-0.3, -0.25) is 30.9 Å². The van der Waals surface area contributed by atoms with Gasteiger partial charge >= 0.3 is 12.1 Å². The number of rotatable bonds is 10. The molecule has 0 saturated heterocycles. The molecule has 2 atom stereocenters. The Morgan fingerprint density at radius 3 is 1.20 bits per heavy atom. The maximum Gasteiger partial charge on any atom is 0.322 e. The number of halogens is 6. The van der Waals surface area contributed by atoms with Crippen LogP contribution in [0.4, 0.5) is 32.3 Å². The van der Waals surface area contributed by atoms with Crippen molar-refractivity contribution < 1.29 is 28.9 Å². The van der Waals surface area contributed by atoms with Gasteiger partial charge in [0.25, 0.3) is 11.4 Å². The summed E-state index contributed by atoms with van der Waals surface area (Å²) in [6.45, 7) is 0. The van der Waals surface area contributed by atoms with Crippen LogP contribution in [0.2, 0.25) is 0 Å². The lowest BCUT2D eigenvalue weighted by Crippen LogP contribution is -2.50. The largest absolute Gasteiger partial charge is 0.462 e. The predicted molar refractivity (Wildman–Crippen MR) is 166 cm³/mol. The van der Waals surface area contributed by atoms with Crippen molar-refractivity contribution in [2.75, 3.05) is 10.6 Å². The van der Waals surface area contributed by atoms with E-state index in [1.54, 1.807) is 0 Å². The van der Waals surface area contributed by atoms with Crippen LogP contribution in [0.5, 0.6) is 11.5 Å². The van der Waals surface area contributed by atoms with Crippen LogP contribution < -0.4 is 30.7 Å². The first-order valence-corrected chi connectivity index (χ1v) is 14.0. The van der Waals surface area contributed by atoms with E-state index in [9.17, 15) is 29.8 Å². The lowest BCUT2D eigenvalue weighted by Gasteiger charge is -2.29. The molecule has 0 saturated carbocycles. The zero-order chi connectivity index (χ0) is 32.7. The molecule has 3 rings (SSSR count). The zero-order valence-electron chi connectivity index (χ0n) is 21.5. The van der Waals surface area contributed by atoms with Crippen LogP contribution in [0.1, 0.15) is 0 Å². The summed E-state index contributed by atoms with van der Waals surface area (Å²) in [7, 11) is 0. The molecular formula is C24H18Cl6N6O8. The quantitative estimate of drug-likeness (QED) is 0.0724. The van der Waals surface area contributed by atoms with Crippen molar-refractivity contribution in [3.63, 3.8) is 0 Å². The minimum absolute atomic E-state index is 0.128. The highest BCUT2D eigenvalue weighted by molar-refractivity contribution is 6.68. The molecule has 44 heavy (non-hydrogen) atoms. The second kappa shape index (κ2) is 14.9. The average molecular weight is 731 g/mol. The fourth-order valence-corrected chi connectivity index (χ4v) is 3.76. The van der Waals surface area contributed by atoms with E-state index in [1.165, 1.54) is 72.8 Å². The highest BCUT2D eigenvalue weighted by atomic mass is 35.6. The summed E-state index contributed by atoms with van der Waals surface area (Å²) in [5.74, 6) is -0.257. The Kier molecular flexibility index (Phi) is 11.8. The fourth-order valence-electron chi connectivity index (χ4n) is 3.16. The van der Waals surface area contributed by atoms with Gasteiger partial charge in [0.1, 0.15) is 0 Å². The molecule has 0 bridgehead atoms. The maximum absolute atomic E-state index is 12.6. The Labute approximate surface area is 278 Å². The molecule has 4 N–H and O–H groups in total. The number of nitro benzene ring substituents is 2. The van der Waals surface area contributed by atoms with Gasteiger partial charge in [0.2, 0.25) is 20.0 Å². The van der Waals surface area contributed by atoms with Crippen molar-refractivity contribution in [3.05, 3.63) is 93.0 Å². The normalized spacial score (nSPS) is 12.7. The third-order valence-corrected chi connectivity index (χ3v) is 6.32. The van der Waals surface area contributed by atoms with E-state index >= 15 is 0 Å². The number of ether oxygens (including phenoxy) is 2. The smallest absolute Gasteiger partial charge is 0.322 e. The van der Waals surface area contributed by atoms with Crippen LogP contribution in [-0.4, -0.2) is 41.9 Å². The van der Waals surface area contributed by atoms with Crippen molar-refractivity contribution in [1.82, 2.24) is 10.6 Å². The van der Waals surface area contributed by atoms with Crippen LogP contribution in [0.3, 0.4) is 0 Å². The van der Waals surface area contributed by atoms with Crippen LogP contribution in [0.25, 0.3) is 0 Å². The molecule has 14 nitrogen and oxygen atoms in total. The molecule has 0 aliphatic rings. The van der Waals surface area contributed by atoms with E-state index in [0.717, 1.165) is 0 Å². The van der Waals surface area contributed by atoms with Gasteiger partial charge in [-0.1, -0.05) is 81.7 Å². The molecule has 234 valence electrons. The first kappa shape index (κ1) is 34.8. The van der Waals surface area contributed by atoms with Gasteiger partial charge in [0.15, 0.2) is 11.5 Å². The van der Waals surface area contributed by atoms with E-state index in [2.05, 4.69) is 21.3 Å². The molecular weight excluding hydrogens is 713 g/mol. The third kappa shape index (κ3) is 10.5. The molecule has 0 radical (unpaired) electrons. The molecule has 3 aromatic rings. The molecule has 0 spiro atoms. The number of amides is 4. The van der Waals surface area contributed by atoms with E-state index in [1.807, 2.05) is 0 Å². The molecule has 20 heteroatoms. The highest BCUT2D eigenvalue weighted by Gasteiger charge is 2.39. The summed E-state index contributed by atoms with van der Waals surface area (Å²) in [6.07, 6.45) is -3.31. The number of anilines is 2. The van der Waals surface area contributed by atoms with E-state index in [4.69, 9.17) is 79.1 Å². The molecule has 0 heterocycles. The Balaban J connectivity index is 1.73. The summed E-state index contributed by atoms with van der Waals surface area (Å²) in [5, 5.41) is 31.1. The Morgan fingerprint density at radius 2 is 0.932 bits per heavy atom. The Hall–Kier alpha value is -3.66. The standard InChI is InChI=1S/C24H18Cl6N6O8/c25-23(26,27)19(33-21(37)31-13-5-9-15(10-6-13)35(39)40)43-17-3-1-2-4-18(17)44-20(24(28,29)30)34-22(38)32-14-7-11-16(12-8-14)36(41)42/h1-12,19-20H,(H2,31,33,37)(H2,32,34,38)/t19-,20-/m1/s1. The maximum atomic E-state index is 12.6. The minimum Gasteiger partial charge on any atom is -0.462 e. The van der Waals surface area contributed by atoms with E-state index in [0.29, 0.717) is 0 Å². The van der Waals surface area contributed by atoms with Gasteiger partial charge in [-0.15, -0.1) is 0 Å². The molecule has 0 fully saturated rings.